The number of alkyl halides is 1. The van der Waals surface area contributed by atoms with Crippen molar-refractivity contribution < 1.29 is 4.79 Å². The summed E-state index contributed by atoms with van der Waals surface area (Å²) < 4.78 is 0. The van der Waals surface area contributed by atoms with Crippen LogP contribution < -0.4 is 0 Å². The lowest BCUT2D eigenvalue weighted by Gasteiger charge is -2.37. The average Bonchev–Trinajstić information content (AvgIpc) is 2.68. The van der Waals surface area contributed by atoms with Crippen molar-refractivity contribution in [2.75, 3.05) is 0 Å². The normalized spacial score (nSPS) is 28.7. The van der Waals surface area contributed by atoms with Crippen LogP contribution >= 0.6 is 11.6 Å². The largest absolute Gasteiger partial charge is 0.337 e. The van der Waals surface area contributed by atoms with E-state index in [0.29, 0.717) is 24.4 Å². The molecule has 2 heterocycles. The molecule has 0 N–H and O–H groups in total. The second-order valence-corrected chi connectivity index (χ2v) is 6.86. The third kappa shape index (κ3) is 2.85. The van der Waals surface area contributed by atoms with Gasteiger partial charge in [0.1, 0.15) is 0 Å². The molecule has 2 saturated heterocycles. The first-order valence-electron chi connectivity index (χ1n) is 7.64. The fraction of sp³-hybridized carbons (Fsp3) is 0.588. The predicted octanol–water partition coefficient (Wildman–Crippen LogP) is 3.69. The summed E-state index contributed by atoms with van der Waals surface area (Å²) in [5.74, 6) is 0.322. The highest BCUT2D eigenvalue weighted by Crippen LogP contribution is 2.38. The minimum absolute atomic E-state index is 0.272. The summed E-state index contributed by atoms with van der Waals surface area (Å²) in [6.45, 7) is 2.09. The van der Waals surface area contributed by atoms with Crippen molar-refractivity contribution in [3.63, 3.8) is 0 Å². The van der Waals surface area contributed by atoms with Crippen LogP contribution in [0, 0.1) is 6.92 Å². The molecule has 2 atom stereocenters. The molecule has 0 radical (unpaired) electrons. The minimum atomic E-state index is 0.272. The second-order valence-electron chi connectivity index (χ2n) is 6.24. The molecular weight excluding hydrogens is 270 g/mol. The molecule has 1 aromatic carbocycles. The number of hydrogen-bond acceptors (Lipinski definition) is 1. The number of hydrogen-bond donors (Lipinski definition) is 0. The quantitative estimate of drug-likeness (QED) is 0.778. The maximum absolute atomic E-state index is 12.5. The molecule has 0 saturated carbocycles. The zero-order valence-corrected chi connectivity index (χ0v) is 12.8. The van der Waals surface area contributed by atoms with Crippen LogP contribution in [0.3, 0.4) is 0 Å². The van der Waals surface area contributed by atoms with E-state index in [0.717, 1.165) is 32.1 Å². The molecule has 2 aliphatic heterocycles. The number of fused-ring (bicyclic) bond motifs is 2. The first kappa shape index (κ1) is 13.9. The van der Waals surface area contributed by atoms with Gasteiger partial charge in [-0.2, -0.15) is 0 Å². The number of benzene rings is 1. The van der Waals surface area contributed by atoms with Gasteiger partial charge in [0.2, 0.25) is 5.91 Å². The van der Waals surface area contributed by atoms with Gasteiger partial charge < -0.3 is 4.90 Å². The lowest BCUT2D eigenvalue weighted by atomic mass is 10.0. The Bertz CT molecular complexity index is 488. The summed E-state index contributed by atoms with van der Waals surface area (Å²) in [5, 5.41) is 0.272. The molecule has 1 amide bonds. The highest BCUT2D eigenvalue weighted by Gasteiger charge is 2.42. The fourth-order valence-corrected chi connectivity index (χ4v) is 4.18. The molecule has 20 heavy (non-hydrogen) atoms. The van der Waals surface area contributed by atoms with Gasteiger partial charge in [0, 0.05) is 23.9 Å². The Kier molecular flexibility index (Phi) is 4.02. The Morgan fingerprint density at radius 3 is 2.65 bits per heavy atom. The molecule has 1 aromatic rings. The molecule has 0 spiro atoms. The average molecular weight is 292 g/mol. The smallest absolute Gasteiger partial charge is 0.223 e. The number of rotatable bonds is 3. The summed E-state index contributed by atoms with van der Waals surface area (Å²) in [6, 6.07) is 9.25. The van der Waals surface area contributed by atoms with E-state index < -0.39 is 0 Å². The zero-order chi connectivity index (χ0) is 14.1. The highest BCUT2D eigenvalue weighted by atomic mass is 35.5. The number of carbonyl (C=O) groups excluding carboxylic acids is 1. The molecular formula is C17H22ClNO. The van der Waals surface area contributed by atoms with Crippen LogP contribution in [-0.2, 0) is 11.2 Å². The van der Waals surface area contributed by atoms with Crippen molar-refractivity contribution in [3.05, 3.63) is 35.4 Å². The summed E-state index contributed by atoms with van der Waals surface area (Å²) >= 11 is 6.27. The SMILES string of the molecule is Cc1cccc(CCC(=O)N2C3CCC2CC(Cl)C3)c1. The van der Waals surface area contributed by atoms with E-state index >= 15 is 0 Å². The van der Waals surface area contributed by atoms with E-state index in [1.165, 1.54) is 11.1 Å². The van der Waals surface area contributed by atoms with Crippen molar-refractivity contribution in [1.29, 1.82) is 0 Å². The first-order valence-corrected chi connectivity index (χ1v) is 8.08. The van der Waals surface area contributed by atoms with Crippen LogP contribution in [0.5, 0.6) is 0 Å². The lowest BCUT2D eigenvalue weighted by Crippen LogP contribution is -2.47. The van der Waals surface area contributed by atoms with Crippen molar-refractivity contribution in [2.24, 2.45) is 0 Å². The van der Waals surface area contributed by atoms with Crippen LogP contribution in [0.4, 0.5) is 0 Å². The van der Waals surface area contributed by atoms with Crippen molar-refractivity contribution in [3.8, 4) is 0 Å². The van der Waals surface area contributed by atoms with Gasteiger partial charge in [-0.25, -0.2) is 0 Å². The number of carbonyl (C=O) groups is 1. The molecule has 2 fully saturated rings. The van der Waals surface area contributed by atoms with E-state index in [-0.39, 0.29) is 5.38 Å². The lowest BCUT2D eigenvalue weighted by molar-refractivity contribution is -0.135. The highest BCUT2D eigenvalue weighted by molar-refractivity contribution is 6.20. The predicted molar refractivity (Wildman–Crippen MR) is 82.0 cm³/mol. The third-order valence-electron chi connectivity index (χ3n) is 4.67. The molecule has 3 rings (SSSR count). The minimum Gasteiger partial charge on any atom is -0.337 e. The Hall–Kier alpha value is -1.02. The molecule has 0 aromatic heterocycles. The molecule has 3 heteroatoms. The summed E-state index contributed by atoms with van der Waals surface area (Å²) in [6.07, 6.45) is 5.72. The second kappa shape index (κ2) is 5.77. The van der Waals surface area contributed by atoms with Gasteiger partial charge in [0.25, 0.3) is 0 Å². The van der Waals surface area contributed by atoms with E-state index in [1.807, 2.05) is 0 Å². The number of halogens is 1. The topological polar surface area (TPSA) is 20.3 Å². The Balaban J connectivity index is 1.60. The van der Waals surface area contributed by atoms with Gasteiger partial charge in [0.05, 0.1) is 0 Å². The monoisotopic (exact) mass is 291 g/mol. The summed E-state index contributed by atoms with van der Waals surface area (Å²) in [4.78, 5) is 14.7. The van der Waals surface area contributed by atoms with Crippen LogP contribution in [-0.4, -0.2) is 28.3 Å². The Labute approximate surface area is 126 Å². The molecule has 2 unspecified atom stereocenters. The van der Waals surface area contributed by atoms with Gasteiger partial charge >= 0.3 is 0 Å². The molecule has 108 valence electrons. The molecule has 2 bridgehead atoms. The summed E-state index contributed by atoms with van der Waals surface area (Å²) in [5.41, 5.74) is 2.52. The van der Waals surface area contributed by atoms with E-state index in [2.05, 4.69) is 36.1 Å². The van der Waals surface area contributed by atoms with Gasteiger partial charge in [0.15, 0.2) is 0 Å². The Morgan fingerprint density at radius 1 is 1.30 bits per heavy atom. The van der Waals surface area contributed by atoms with Gasteiger partial charge in [-0.05, 0) is 44.6 Å². The maximum Gasteiger partial charge on any atom is 0.223 e. The number of amides is 1. The molecule has 0 aliphatic carbocycles. The van der Waals surface area contributed by atoms with Gasteiger partial charge in [-0.3, -0.25) is 4.79 Å². The molecule has 2 aliphatic rings. The standard InChI is InChI=1S/C17H22ClNO/c1-12-3-2-4-13(9-12)5-8-17(20)19-15-6-7-16(19)11-14(18)10-15/h2-4,9,14-16H,5-8,10-11H2,1H3. The number of piperidine rings is 1. The van der Waals surface area contributed by atoms with Crippen LogP contribution in [0.2, 0.25) is 0 Å². The van der Waals surface area contributed by atoms with E-state index in [1.54, 1.807) is 0 Å². The van der Waals surface area contributed by atoms with Crippen molar-refractivity contribution >= 4 is 17.5 Å². The van der Waals surface area contributed by atoms with Crippen LogP contribution in [0.15, 0.2) is 24.3 Å². The molecule has 2 nitrogen and oxygen atoms in total. The third-order valence-corrected chi connectivity index (χ3v) is 5.03. The van der Waals surface area contributed by atoms with Gasteiger partial charge in [-0.1, -0.05) is 29.8 Å². The van der Waals surface area contributed by atoms with Crippen LogP contribution in [0.25, 0.3) is 0 Å². The number of aryl methyl sites for hydroxylation is 2. The van der Waals surface area contributed by atoms with E-state index in [4.69, 9.17) is 11.6 Å². The van der Waals surface area contributed by atoms with Crippen molar-refractivity contribution in [2.45, 2.75) is 62.9 Å². The number of nitrogens with zero attached hydrogens (tertiary/aromatic N) is 1. The Morgan fingerprint density at radius 2 is 2.00 bits per heavy atom. The van der Waals surface area contributed by atoms with Crippen molar-refractivity contribution in [1.82, 2.24) is 4.90 Å². The zero-order valence-electron chi connectivity index (χ0n) is 12.0. The summed E-state index contributed by atoms with van der Waals surface area (Å²) in [7, 11) is 0. The maximum atomic E-state index is 12.5. The fourth-order valence-electron chi connectivity index (χ4n) is 3.77. The first-order chi connectivity index (χ1) is 9.63. The van der Waals surface area contributed by atoms with E-state index in [9.17, 15) is 4.79 Å². The van der Waals surface area contributed by atoms with Gasteiger partial charge in [-0.15, -0.1) is 11.6 Å². The van der Waals surface area contributed by atoms with Crippen LogP contribution in [0.1, 0.15) is 43.2 Å².